The molecule has 2 aromatic rings. The standard InChI is InChI=1S/C22H26BrN3O4S/c1-15-21(31-14-24-15)22(28)26-6-5-19(30-18-4-2-3-17(23)12-18)16(13-26)11-20(27)25-7-9-29-10-8-25/h2-4,12,14,16,19H,5-11,13H2,1H3/t16-,19-/m0/s1. The summed E-state index contributed by atoms with van der Waals surface area (Å²) in [4.78, 5) is 34.6. The minimum absolute atomic E-state index is 0.00951. The van der Waals surface area contributed by atoms with Crippen molar-refractivity contribution < 1.29 is 19.1 Å². The van der Waals surface area contributed by atoms with Crippen molar-refractivity contribution >= 4 is 39.1 Å². The molecule has 0 unspecified atom stereocenters. The van der Waals surface area contributed by atoms with Gasteiger partial charge < -0.3 is 19.3 Å². The van der Waals surface area contributed by atoms with Gasteiger partial charge in [0.15, 0.2) is 0 Å². The Kier molecular flexibility index (Phi) is 7.24. The molecule has 3 heterocycles. The van der Waals surface area contributed by atoms with E-state index in [1.807, 2.05) is 41.0 Å². The minimum atomic E-state index is -0.133. The number of hydrogen-bond donors (Lipinski definition) is 0. The Bertz CT molecular complexity index is 931. The van der Waals surface area contributed by atoms with Gasteiger partial charge in [0.05, 0.1) is 24.4 Å². The van der Waals surface area contributed by atoms with Gasteiger partial charge in [-0.15, -0.1) is 11.3 Å². The second kappa shape index (κ2) is 10.1. The van der Waals surface area contributed by atoms with E-state index in [2.05, 4.69) is 20.9 Å². The van der Waals surface area contributed by atoms with Gasteiger partial charge in [0.25, 0.3) is 5.91 Å². The number of carbonyl (C=O) groups excluding carboxylic acids is 2. The molecule has 1 aromatic carbocycles. The molecule has 31 heavy (non-hydrogen) atoms. The van der Waals surface area contributed by atoms with Crippen molar-refractivity contribution in [2.75, 3.05) is 39.4 Å². The van der Waals surface area contributed by atoms with Gasteiger partial charge in [0.1, 0.15) is 16.7 Å². The highest BCUT2D eigenvalue weighted by molar-refractivity contribution is 9.10. The summed E-state index contributed by atoms with van der Waals surface area (Å²) in [6, 6.07) is 7.73. The Morgan fingerprint density at radius 1 is 1.26 bits per heavy atom. The lowest BCUT2D eigenvalue weighted by Crippen LogP contribution is -2.50. The fourth-order valence-corrected chi connectivity index (χ4v) is 5.23. The molecule has 2 aliphatic rings. The fourth-order valence-electron chi connectivity index (χ4n) is 4.08. The number of likely N-dealkylation sites (tertiary alicyclic amines) is 1. The number of aryl methyl sites for hydroxylation is 1. The van der Waals surface area contributed by atoms with Crippen LogP contribution in [0, 0.1) is 12.8 Å². The summed E-state index contributed by atoms with van der Waals surface area (Å²) in [7, 11) is 0. The van der Waals surface area contributed by atoms with Crippen molar-refractivity contribution in [3.05, 3.63) is 44.8 Å². The molecule has 2 aliphatic heterocycles. The van der Waals surface area contributed by atoms with Crippen LogP contribution in [0.2, 0.25) is 0 Å². The average Bonchev–Trinajstić information content (AvgIpc) is 3.21. The van der Waals surface area contributed by atoms with Crippen LogP contribution in [0.3, 0.4) is 0 Å². The number of benzene rings is 1. The monoisotopic (exact) mass is 507 g/mol. The molecule has 9 heteroatoms. The van der Waals surface area contributed by atoms with Crippen molar-refractivity contribution in [1.29, 1.82) is 0 Å². The second-order valence-electron chi connectivity index (χ2n) is 7.88. The SMILES string of the molecule is Cc1ncsc1C(=O)N1CC[C@H](Oc2cccc(Br)c2)[C@@H](CC(=O)N2CCOCC2)C1. The van der Waals surface area contributed by atoms with Crippen LogP contribution in [0.25, 0.3) is 0 Å². The lowest BCUT2D eigenvalue weighted by atomic mass is 9.90. The van der Waals surface area contributed by atoms with Crippen LogP contribution in [0.5, 0.6) is 5.75 Å². The molecule has 166 valence electrons. The zero-order chi connectivity index (χ0) is 21.8. The van der Waals surface area contributed by atoms with E-state index < -0.39 is 0 Å². The fraction of sp³-hybridized carbons (Fsp3) is 0.500. The van der Waals surface area contributed by atoms with Crippen molar-refractivity contribution in [3.8, 4) is 5.75 Å². The second-order valence-corrected chi connectivity index (χ2v) is 9.65. The summed E-state index contributed by atoms with van der Waals surface area (Å²) in [5.41, 5.74) is 2.45. The Morgan fingerprint density at radius 2 is 2.06 bits per heavy atom. The third-order valence-electron chi connectivity index (χ3n) is 5.78. The first-order valence-corrected chi connectivity index (χ1v) is 12.2. The molecular weight excluding hydrogens is 482 g/mol. The smallest absolute Gasteiger partial charge is 0.265 e. The number of rotatable bonds is 5. The molecule has 0 radical (unpaired) electrons. The zero-order valence-corrected chi connectivity index (χ0v) is 19.9. The maximum Gasteiger partial charge on any atom is 0.265 e. The van der Waals surface area contributed by atoms with E-state index in [0.29, 0.717) is 57.1 Å². The molecular formula is C22H26BrN3O4S. The number of ether oxygens (including phenoxy) is 2. The molecule has 2 amide bonds. The maximum atomic E-state index is 13.1. The number of piperidine rings is 1. The molecule has 4 rings (SSSR count). The summed E-state index contributed by atoms with van der Waals surface area (Å²) in [5, 5.41) is 0. The predicted molar refractivity (Wildman–Crippen MR) is 121 cm³/mol. The van der Waals surface area contributed by atoms with Crippen LogP contribution in [0.15, 0.2) is 34.2 Å². The summed E-state index contributed by atoms with van der Waals surface area (Å²) >= 11 is 4.85. The third-order valence-corrected chi connectivity index (χ3v) is 7.19. The normalized spacial score (nSPS) is 21.7. The van der Waals surface area contributed by atoms with Gasteiger partial charge in [-0.3, -0.25) is 9.59 Å². The molecule has 7 nitrogen and oxygen atoms in total. The third kappa shape index (κ3) is 5.45. The molecule has 0 spiro atoms. The quantitative estimate of drug-likeness (QED) is 0.620. The van der Waals surface area contributed by atoms with Crippen LogP contribution >= 0.6 is 27.3 Å². The summed E-state index contributed by atoms with van der Waals surface area (Å²) in [6.45, 7) is 5.32. The Labute approximate surface area is 194 Å². The number of thiazole rings is 1. The van der Waals surface area contributed by atoms with Gasteiger partial charge in [-0.2, -0.15) is 0 Å². The van der Waals surface area contributed by atoms with E-state index in [9.17, 15) is 9.59 Å². The van der Waals surface area contributed by atoms with Crippen LogP contribution in [0.4, 0.5) is 0 Å². The van der Waals surface area contributed by atoms with Crippen molar-refractivity contribution in [2.24, 2.45) is 5.92 Å². The van der Waals surface area contributed by atoms with Gasteiger partial charge in [0.2, 0.25) is 5.91 Å². The summed E-state index contributed by atoms with van der Waals surface area (Å²) in [6.07, 6.45) is 0.896. The first-order chi connectivity index (χ1) is 15.0. The van der Waals surface area contributed by atoms with Gasteiger partial charge in [-0.1, -0.05) is 22.0 Å². The number of hydrogen-bond acceptors (Lipinski definition) is 6. The maximum absolute atomic E-state index is 13.1. The molecule has 2 saturated heterocycles. The highest BCUT2D eigenvalue weighted by Crippen LogP contribution is 2.29. The topological polar surface area (TPSA) is 72.0 Å². The number of carbonyl (C=O) groups is 2. The molecule has 2 atom stereocenters. The van der Waals surface area contributed by atoms with Crippen LogP contribution in [-0.2, 0) is 9.53 Å². The lowest BCUT2D eigenvalue weighted by molar-refractivity contribution is -0.137. The number of amides is 2. The van der Waals surface area contributed by atoms with E-state index in [0.717, 1.165) is 15.9 Å². The summed E-state index contributed by atoms with van der Waals surface area (Å²) < 4.78 is 12.6. The number of nitrogens with zero attached hydrogens (tertiary/aromatic N) is 3. The van der Waals surface area contributed by atoms with Gasteiger partial charge in [-0.25, -0.2) is 4.98 Å². The van der Waals surface area contributed by atoms with E-state index in [4.69, 9.17) is 9.47 Å². The van der Waals surface area contributed by atoms with E-state index in [-0.39, 0.29) is 23.8 Å². The minimum Gasteiger partial charge on any atom is -0.490 e. The van der Waals surface area contributed by atoms with Crippen molar-refractivity contribution in [3.63, 3.8) is 0 Å². The highest BCUT2D eigenvalue weighted by Gasteiger charge is 2.36. The molecule has 0 saturated carbocycles. The van der Waals surface area contributed by atoms with Gasteiger partial charge in [0, 0.05) is 49.4 Å². The van der Waals surface area contributed by atoms with Crippen molar-refractivity contribution in [2.45, 2.75) is 25.9 Å². The predicted octanol–water partition coefficient (Wildman–Crippen LogP) is 3.37. The molecule has 1 aromatic heterocycles. The van der Waals surface area contributed by atoms with Crippen molar-refractivity contribution in [1.82, 2.24) is 14.8 Å². The lowest BCUT2D eigenvalue weighted by Gasteiger charge is -2.39. The zero-order valence-electron chi connectivity index (χ0n) is 17.5. The number of aromatic nitrogens is 1. The Hall–Kier alpha value is -1.97. The number of morpholine rings is 1. The molecule has 2 fully saturated rings. The van der Waals surface area contributed by atoms with Crippen LogP contribution in [0.1, 0.15) is 28.2 Å². The highest BCUT2D eigenvalue weighted by atomic mass is 79.9. The van der Waals surface area contributed by atoms with Crippen LogP contribution in [-0.4, -0.2) is 72.1 Å². The average molecular weight is 508 g/mol. The molecule has 0 bridgehead atoms. The largest absolute Gasteiger partial charge is 0.490 e. The van der Waals surface area contributed by atoms with Crippen LogP contribution < -0.4 is 4.74 Å². The van der Waals surface area contributed by atoms with Gasteiger partial charge >= 0.3 is 0 Å². The molecule has 0 aliphatic carbocycles. The van der Waals surface area contributed by atoms with E-state index >= 15 is 0 Å². The Balaban J connectivity index is 1.49. The first kappa shape index (κ1) is 22.2. The van der Waals surface area contributed by atoms with E-state index in [1.165, 1.54) is 11.3 Å². The number of halogens is 1. The first-order valence-electron chi connectivity index (χ1n) is 10.5. The molecule has 0 N–H and O–H groups in total. The van der Waals surface area contributed by atoms with E-state index in [1.54, 1.807) is 5.51 Å². The Morgan fingerprint density at radius 3 is 2.77 bits per heavy atom. The summed E-state index contributed by atoms with van der Waals surface area (Å²) in [5.74, 6) is 0.769. The van der Waals surface area contributed by atoms with Gasteiger partial charge in [-0.05, 0) is 25.1 Å².